The lowest BCUT2D eigenvalue weighted by molar-refractivity contribution is -0.122. The van der Waals surface area contributed by atoms with Crippen LogP contribution < -0.4 is 10.6 Å². The van der Waals surface area contributed by atoms with Gasteiger partial charge in [0.15, 0.2) is 11.5 Å². The first-order chi connectivity index (χ1) is 9.19. The molecule has 0 saturated heterocycles. The standard InChI is InChI=1S/C14H20N2O4/c1-14(2,3)16-12(19)6-7-15-13(20)9-4-5-10(17)11(18)8-9/h4-5,8,17-18H,6-7H2,1-3H3,(H,15,20)(H,16,19). The van der Waals surface area contributed by atoms with Crippen LogP contribution in [-0.2, 0) is 4.79 Å². The quantitative estimate of drug-likeness (QED) is 0.621. The number of hydrogen-bond donors (Lipinski definition) is 4. The van der Waals surface area contributed by atoms with E-state index >= 15 is 0 Å². The predicted octanol–water partition coefficient (Wildman–Crippen LogP) is 1.13. The third-order valence-corrected chi connectivity index (χ3v) is 2.39. The minimum atomic E-state index is -0.413. The summed E-state index contributed by atoms with van der Waals surface area (Å²) in [6.07, 6.45) is 0.174. The lowest BCUT2D eigenvalue weighted by Gasteiger charge is -2.20. The summed E-state index contributed by atoms with van der Waals surface area (Å²) in [7, 11) is 0. The van der Waals surface area contributed by atoms with E-state index in [2.05, 4.69) is 10.6 Å². The second-order valence-corrected chi connectivity index (χ2v) is 5.51. The molecule has 0 radical (unpaired) electrons. The molecule has 4 N–H and O–H groups in total. The predicted molar refractivity (Wildman–Crippen MR) is 74.6 cm³/mol. The first kappa shape index (κ1) is 15.8. The molecule has 0 atom stereocenters. The van der Waals surface area contributed by atoms with Gasteiger partial charge >= 0.3 is 0 Å². The molecule has 0 bridgehead atoms. The third-order valence-electron chi connectivity index (χ3n) is 2.39. The highest BCUT2D eigenvalue weighted by Gasteiger charge is 2.14. The SMILES string of the molecule is CC(C)(C)NC(=O)CCNC(=O)c1ccc(O)c(O)c1. The molecule has 0 aliphatic rings. The van der Waals surface area contributed by atoms with Crippen molar-refractivity contribution in [3.05, 3.63) is 23.8 Å². The molecule has 1 rings (SSSR count). The molecular formula is C14H20N2O4. The van der Waals surface area contributed by atoms with Crippen molar-refractivity contribution >= 4 is 11.8 Å². The second-order valence-electron chi connectivity index (χ2n) is 5.51. The number of carbonyl (C=O) groups is 2. The monoisotopic (exact) mass is 280 g/mol. The molecule has 2 amide bonds. The second kappa shape index (κ2) is 6.27. The average Bonchev–Trinajstić information content (AvgIpc) is 2.30. The van der Waals surface area contributed by atoms with E-state index in [4.69, 9.17) is 5.11 Å². The highest BCUT2D eigenvalue weighted by molar-refractivity contribution is 5.95. The van der Waals surface area contributed by atoms with Crippen LogP contribution in [0.1, 0.15) is 37.6 Å². The van der Waals surface area contributed by atoms with E-state index in [1.807, 2.05) is 20.8 Å². The largest absolute Gasteiger partial charge is 0.504 e. The van der Waals surface area contributed by atoms with Crippen LogP contribution in [0.25, 0.3) is 0 Å². The van der Waals surface area contributed by atoms with Gasteiger partial charge < -0.3 is 20.8 Å². The molecule has 6 nitrogen and oxygen atoms in total. The van der Waals surface area contributed by atoms with Crippen molar-refractivity contribution in [2.75, 3.05) is 6.54 Å². The van der Waals surface area contributed by atoms with Gasteiger partial charge in [-0.15, -0.1) is 0 Å². The van der Waals surface area contributed by atoms with E-state index < -0.39 is 5.91 Å². The van der Waals surface area contributed by atoms with Crippen molar-refractivity contribution in [1.29, 1.82) is 0 Å². The van der Waals surface area contributed by atoms with Gasteiger partial charge in [-0.25, -0.2) is 0 Å². The number of hydrogen-bond acceptors (Lipinski definition) is 4. The minimum Gasteiger partial charge on any atom is -0.504 e. The van der Waals surface area contributed by atoms with Gasteiger partial charge in [-0.1, -0.05) is 0 Å². The Hall–Kier alpha value is -2.24. The molecule has 0 heterocycles. The van der Waals surface area contributed by atoms with Gasteiger partial charge in [0.25, 0.3) is 5.91 Å². The Kier molecular flexibility index (Phi) is 4.96. The van der Waals surface area contributed by atoms with Crippen LogP contribution in [-0.4, -0.2) is 34.1 Å². The summed E-state index contributed by atoms with van der Waals surface area (Å²) in [5, 5.41) is 23.8. The summed E-state index contributed by atoms with van der Waals surface area (Å²) < 4.78 is 0. The summed E-state index contributed by atoms with van der Waals surface area (Å²) in [5.74, 6) is -1.20. The number of rotatable bonds is 4. The fraction of sp³-hybridized carbons (Fsp3) is 0.429. The van der Waals surface area contributed by atoms with Crippen molar-refractivity contribution < 1.29 is 19.8 Å². The van der Waals surface area contributed by atoms with Gasteiger partial charge in [0, 0.05) is 24.1 Å². The maximum absolute atomic E-state index is 11.7. The Labute approximate surface area is 117 Å². The molecule has 0 aliphatic heterocycles. The zero-order chi connectivity index (χ0) is 15.3. The molecule has 20 heavy (non-hydrogen) atoms. The highest BCUT2D eigenvalue weighted by atomic mass is 16.3. The molecule has 6 heteroatoms. The maximum atomic E-state index is 11.7. The van der Waals surface area contributed by atoms with Gasteiger partial charge in [0.1, 0.15) is 0 Å². The van der Waals surface area contributed by atoms with Crippen LogP contribution in [0.15, 0.2) is 18.2 Å². The molecule has 0 unspecified atom stereocenters. The van der Waals surface area contributed by atoms with E-state index in [1.165, 1.54) is 18.2 Å². The molecule has 1 aromatic carbocycles. The fourth-order valence-corrected chi connectivity index (χ4v) is 1.54. The van der Waals surface area contributed by atoms with Crippen molar-refractivity contribution in [1.82, 2.24) is 10.6 Å². The molecule has 0 saturated carbocycles. The molecule has 0 aliphatic carbocycles. The summed E-state index contributed by atoms with van der Waals surface area (Å²) in [4.78, 5) is 23.3. The number of benzene rings is 1. The number of amides is 2. The Balaban J connectivity index is 2.44. The lowest BCUT2D eigenvalue weighted by atomic mass is 10.1. The van der Waals surface area contributed by atoms with Crippen molar-refractivity contribution in [3.63, 3.8) is 0 Å². The number of aromatic hydroxyl groups is 2. The van der Waals surface area contributed by atoms with Crippen molar-refractivity contribution in [3.8, 4) is 11.5 Å². The summed E-state index contributed by atoms with van der Waals surface area (Å²) >= 11 is 0. The van der Waals surface area contributed by atoms with Gasteiger partial charge in [0.2, 0.25) is 5.91 Å². The normalized spacial score (nSPS) is 10.9. The summed E-state index contributed by atoms with van der Waals surface area (Å²) in [5.41, 5.74) is -0.0827. The zero-order valence-electron chi connectivity index (χ0n) is 11.9. The Bertz CT molecular complexity index is 506. The molecule has 0 spiro atoms. The number of carbonyl (C=O) groups excluding carboxylic acids is 2. The average molecular weight is 280 g/mol. The Morgan fingerprint density at radius 3 is 2.35 bits per heavy atom. The van der Waals surface area contributed by atoms with E-state index in [0.717, 1.165) is 0 Å². The van der Waals surface area contributed by atoms with Gasteiger partial charge in [0.05, 0.1) is 0 Å². The van der Waals surface area contributed by atoms with E-state index in [0.29, 0.717) is 0 Å². The lowest BCUT2D eigenvalue weighted by Crippen LogP contribution is -2.41. The van der Waals surface area contributed by atoms with E-state index in [9.17, 15) is 14.7 Å². The van der Waals surface area contributed by atoms with Crippen LogP contribution in [0.5, 0.6) is 11.5 Å². The third kappa shape index (κ3) is 5.17. The van der Waals surface area contributed by atoms with Crippen molar-refractivity contribution in [2.45, 2.75) is 32.7 Å². The zero-order valence-corrected chi connectivity index (χ0v) is 11.9. The topological polar surface area (TPSA) is 98.7 Å². The minimum absolute atomic E-state index is 0.147. The number of nitrogens with one attached hydrogen (secondary N) is 2. The molecular weight excluding hydrogens is 260 g/mol. The van der Waals surface area contributed by atoms with Crippen LogP contribution in [0.2, 0.25) is 0 Å². The maximum Gasteiger partial charge on any atom is 0.251 e. The van der Waals surface area contributed by atoms with Crippen LogP contribution in [0.3, 0.4) is 0 Å². The van der Waals surface area contributed by atoms with E-state index in [1.54, 1.807) is 0 Å². The summed E-state index contributed by atoms with van der Waals surface area (Å²) in [6.45, 7) is 5.83. The van der Waals surface area contributed by atoms with Gasteiger partial charge in [-0.05, 0) is 39.0 Å². The fourth-order valence-electron chi connectivity index (χ4n) is 1.54. The summed E-state index contributed by atoms with van der Waals surface area (Å²) in [6, 6.07) is 3.79. The highest BCUT2D eigenvalue weighted by Crippen LogP contribution is 2.24. The van der Waals surface area contributed by atoms with E-state index in [-0.39, 0.29) is 41.5 Å². The molecule has 1 aromatic rings. The van der Waals surface area contributed by atoms with Gasteiger partial charge in [-0.3, -0.25) is 9.59 Å². The van der Waals surface area contributed by atoms with Crippen LogP contribution in [0, 0.1) is 0 Å². The van der Waals surface area contributed by atoms with Crippen LogP contribution in [0.4, 0.5) is 0 Å². The van der Waals surface area contributed by atoms with Crippen molar-refractivity contribution in [2.24, 2.45) is 0 Å². The molecule has 0 aromatic heterocycles. The number of phenols is 2. The Morgan fingerprint density at radius 1 is 1.15 bits per heavy atom. The number of phenolic OH excluding ortho intramolecular Hbond substituents is 2. The van der Waals surface area contributed by atoms with Crippen LogP contribution >= 0.6 is 0 Å². The van der Waals surface area contributed by atoms with Gasteiger partial charge in [-0.2, -0.15) is 0 Å². The molecule has 0 fully saturated rings. The first-order valence-electron chi connectivity index (χ1n) is 6.30. The molecule has 110 valence electrons. The first-order valence-corrected chi connectivity index (χ1v) is 6.30. The smallest absolute Gasteiger partial charge is 0.251 e. The Morgan fingerprint density at radius 2 is 1.80 bits per heavy atom.